The fourth-order valence-corrected chi connectivity index (χ4v) is 2.42. The highest BCUT2D eigenvalue weighted by Crippen LogP contribution is 2.21. The molecular formula is C16H13ClFNO. The molecule has 0 aliphatic heterocycles. The molecule has 0 spiro atoms. The van der Waals surface area contributed by atoms with Gasteiger partial charge in [0.15, 0.2) is 0 Å². The summed E-state index contributed by atoms with van der Waals surface area (Å²) in [6.45, 7) is 0.573. The van der Waals surface area contributed by atoms with Crippen molar-refractivity contribution in [3.8, 4) is 0 Å². The van der Waals surface area contributed by atoms with Crippen LogP contribution in [0.2, 0.25) is 5.02 Å². The molecule has 0 amide bonds. The van der Waals surface area contributed by atoms with E-state index >= 15 is 0 Å². The molecule has 4 heteroatoms. The molecule has 0 atom stereocenters. The summed E-state index contributed by atoms with van der Waals surface area (Å²) < 4.78 is 15.5. The summed E-state index contributed by atoms with van der Waals surface area (Å²) in [4.78, 5) is 0. The molecule has 0 bridgehead atoms. The SMILES string of the molecule is OCc1ccc2ccn(Cc3ccc(Cl)c(F)c3)c2c1. The van der Waals surface area contributed by atoms with E-state index in [1.54, 1.807) is 6.07 Å². The van der Waals surface area contributed by atoms with E-state index in [1.807, 2.05) is 41.1 Å². The number of benzene rings is 2. The van der Waals surface area contributed by atoms with Crippen LogP contribution in [0.25, 0.3) is 10.9 Å². The lowest BCUT2D eigenvalue weighted by Crippen LogP contribution is -1.99. The minimum absolute atomic E-state index is 0.0106. The Labute approximate surface area is 121 Å². The monoisotopic (exact) mass is 289 g/mol. The van der Waals surface area contributed by atoms with Gasteiger partial charge in [0, 0.05) is 18.3 Å². The van der Waals surface area contributed by atoms with Crippen LogP contribution in [-0.2, 0) is 13.2 Å². The van der Waals surface area contributed by atoms with E-state index in [0.717, 1.165) is 22.0 Å². The van der Waals surface area contributed by atoms with Crippen molar-refractivity contribution in [3.05, 3.63) is 70.6 Å². The minimum atomic E-state index is -0.406. The zero-order valence-corrected chi connectivity index (χ0v) is 11.4. The highest BCUT2D eigenvalue weighted by molar-refractivity contribution is 6.30. The van der Waals surface area contributed by atoms with E-state index in [0.29, 0.717) is 6.54 Å². The molecule has 0 saturated carbocycles. The predicted molar refractivity (Wildman–Crippen MR) is 78.4 cm³/mol. The minimum Gasteiger partial charge on any atom is -0.392 e. The lowest BCUT2D eigenvalue weighted by atomic mass is 10.1. The molecule has 1 heterocycles. The second-order valence-corrected chi connectivity index (χ2v) is 5.15. The summed E-state index contributed by atoms with van der Waals surface area (Å²) in [6, 6.07) is 12.6. The molecule has 0 aliphatic carbocycles. The first-order valence-electron chi connectivity index (χ1n) is 6.30. The van der Waals surface area contributed by atoms with Crippen molar-refractivity contribution in [2.24, 2.45) is 0 Å². The Morgan fingerprint density at radius 2 is 1.85 bits per heavy atom. The maximum Gasteiger partial charge on any atom is 0.142 e. The lowest BCUT2D eigenvalue weighted by Gasteiger charge is -2.07. The van der Waals surface area contributed by atoms with Crippen molar-refractivity contribution in [2.45, 2.75) is 13.2 Å². The Balaban J connectivity index is 1.99. The molecule has 3 rings (SSSR count). The smallest absolute Gasteiger partial charge is 0.142 e. The number of aliphatic hydroxyl groups excluding tert-OH is 1. The standard InChI is InChI=1S/C16H13ClFNO/c17-14-4-2-11(7-15(14)18)9-19-6-5-13-3-1-12(10-20)8-16(13)19/h1-8,20H,9-10H2. The zero-order valence-electron chi connectivity index (χ0n) is 10.7. The van der Waals surface area contributed by atoms with Crippen LogP contribution in [0.1, 0.15) is 11.1 Å². The van der Waals surface area contributed by atoms with Gasteiger partial charge in [0.1, 0.15) is 5.82 Å². The van der Waals surface area contributed by atoms with Crippen LogP contribution < -0.4 is 0 Å². The number of halogens is 2. The van der Waals surface area contributed by atoms with Gasteiger partial charge in [0.05, 0.1) is 11.6 Å². The summed E-state index contributed by atoms with van der Waals surface area (Å²) in [5, 5.41) is 10.4. The second kappa shape index (κ2) is 5.27. The van der Waals surface area contributed by atoms with Gasteiger partial charge in [-0.1, -0.05) is 29.8 Å². The van der Waals surface area contributed by atoms with Crippen LogP contribution in [0.4, 0.5) is 4.39 Å². The van der Waals surface area contributed by atoms with Crippen LogP contribution >= 0.6 is 11.6 Å². The fraction of sp³-hybridized carbons (Fsp3) is 0.125. The largest absolute Gasteiger partial charge is 0.392 e. The fourth-order valence-electron chi connectivity index (χ4n) is 2.30. The summed E-state index contributed by atoms with van der Waals surface area (Å²) in [5.41, 5.74) is 2.73. The topological polar surface area (TPSA) is 25.2 Å². The Morgan fingerprint density at radius 3 is 2.60 bits per heavy atom. The number of aromatic nitrogens is 1. The molecule has 0 fully saturated rings. The van der Waals surface area contributed by atoms with Crippen molar-refractivity contribution in [1.29, 1.82) is 0 Å². The number of hydrogen-bond acceptors (Lipinski definition) is 1. The third-order valence-corrected chi connectivity index (χ3v) is 3.66. The zero-order chi connectivity index (χ0) is 14.1. The first-order chi connectivity index (χ1) is 9.67. The molecule has 0 unspecified atom stereocenters. The van der Waals surface area contributed by atoms with Crippen LogP contribution in [0.5, 0.6) is 0 Å². The Kier molecular flexibility index (Phi) is 3.47. The first-order valence-corrected chi connectivity index (χ1v) is 6.68. The van der Waals surface area contributed by atoms with E-state index in [4.69, 9.17) is 11.6 Å². The van der Waals surface area contributed by atoms with Gasteiger partial charge in [-0.3, -0.25) is 0 Å². The van der Waals surface area contributed by atoms with Crippen molar-refractivity contribution in [3.63, 3.8) is 0 Å². The summed E-state index contributed by atoms with van der Waals surface area (Å²) in [7, 11) is 0. The predicted octanol–water partition coefficient (Wildman–Crippen LogP) is 3.97. The van der Waals surface area contributed by atoms with E-state index in [1.165, 1.54) is 6.07 Å². The van der Waals surface area contributed by atoms with E-state index < -0.39 is 5.82 Å². The van der Waals surface area contributed by atoms with Crippen LogP contribution in [-0.4, -0.2) is 9.67 Å². The Morgan fingerprint density at radius 1 is 1.05 bits per heavy atom. The van der Waals surface area contributed by atoms with Gasteiger partial charge < -0.3 is 9.67 Å². The van der Waals surface area contributed by atoms with Gasteiger partial charge in [-0.25, -0.2) is 4.39 Å². The van der Waals surface area contributed by atoms with E-state index in [2.05, 4.69) is 0 Å². The maximum atomic E-state index is 13.5. The van der Waals surface area contributed by atoms with Crippen LogP contribution in [0.3, 0.4) is 0 Å². The highest BCUT2D eigenvalue weighted by atomic mass is 35.5. The van der Waals surface area contributed by atoms with E-state index in [9.17, 15) is 9.50 Å². The van der Waals surface area contributed by atoms with Gasteiger partial charge in [-0.2, -0.15) is 0 Å². The van der Waals surface area contributed by atoms with Crippen molar-refractivity contribution in [1.82, 2.24) is 4.57 Å². The van der Waals surface area contributed by atoms with Crippen LogP contribution in [0, 0.1) is 5.82 Å². The van der Waals surface area contributed by atoms with Crippen molar-refractivity contribution < 1.29 is 9.50 Å². The molecule has 0 saturated heterocycles. The van der Waals surface area contributed by atoms with Crippen molar-refractivity contribution >= 4 is 22.5 Å². The molecule has 1 aromatic heterocycles. The molecule has 2 aromatic carbocycles. The average molecular weight is 290 g/mol. The molecule has 0 radical (unpaired) electrons. The number of fused-ring (bicyclic) bond motifs is 1. The third kappa shape index (κ3) is 2.42. The number of aliphatic hydroxyl groups is 1. The highest BCUT2D eigenvalue weighted by Gasteiger charge is 2.05. The third-order valence-electron chi connectivity index (χ3n) is 3.36. The Hall–Kier alpha value is -1.84. The molecule has 1 N–H and O–H groups in total. The lowest BCUT2D eigenvalue weighted by molar-refractivity contribution is 0.282. The van der Waals surface area contributed by atoms with Gasteiger partial charge in [-0.05, 0) is 40.8 Å². The molecule has 102 valence electrons. The maximum absolute atomic E-state index is 13.5. The van der Waals surface area contributed by atoms with Gasteiger partial charge in [-0.15, -0.1) is 0 Å². The normalized spacial score (nSPS) is 11.2. The number of rotatable bonds is 3. The van der Waals surface area contributed by atoms with Gasteiger partial charge in [0.2, 0.25) is 0 Å². The Bertz CT molecular complexity index is 766. The van der Waals surface area contributed by atoms with Gasteiger partial charge in [0.25, 0.3) is 0 Å². The van der Waals surface area contributed by atoms with E-state index in [-0.39, 0.29) is 11.6 Å². The quantitative estimate of drug-likeness (QED) is 0.775. The van der Waals surface area contributed by atoms with Crippen LogP contribution in [0.15, 0.2) is 48.7 Å². The second-order valence-electron chi connectivity index (χ2n) is 4.74. The van der Waals surface area contributed by atoms with Gasteiger partial charge >= 0.3 is 0 Å². The number of hydrogen-bond donors (Lipinski definition) is 1. The molecule has 3 aromatic rings. The molecule has 2 nitrogen and oxygen atoms in total. The molecule has 0 aliphatic rings. The number of nitrogens with zero attached hydrogens (tertiary/aromatic N) is 1. The average Bonchev–Trinajstić information content (AvgIpc) is 2.85. The summed E-state index contributed by atoms with van der Waals surface area (Å²) in [6.07, 6.45) is 1.96. The summed E-state index contributed by atoms with van der Waals surface area (Å²) in [5.74, 6) is -0.406. The molecule has 20 heavy (non-hydrogen) atoms. The summed E-state index contributed by atoms with van der Waals surface area (Å²) >= 11 is 5.69. The van der Waals surface area contributed by atoms with Crippen molar-refractivity contribution in [2.75, 3.05) is 0 Å². The first kappa shape index (κ1) is 13.2. The molecular weight excluding hydrogens is 277 g/mol.